The van der Waals surface area contributed by atoms with Crippen molar-refractivity contribution in [3.05, 3.63) is 12.2 Å². The Balaban J connectivity index is 1.83. The van der Waals surface area contributed by atoms with E-state index in [1.165, 1.54) is 148 Å². The first-order valence-corrected chi connectivity index (χ1v) is 26.4. The van der Waals surface area contributed by atoms with Gasteiger partial charge in [-0.2, -0.15) is 0 Å². The van der Waals surface area contributed by atoms with Gasteiger partial charge in [0.1, 0.15) is 48.8 Å². The van der Waals surface area contributed by atoms with Gasteiger partial charge in [0.25, 0.3) is 0 Å². The monoisotopic (exact) mass is 932 g/mol. The summed E-state index contributed by atoms with van der Waals surface area (Å²) in [5.74, 6) is -0.238. The molecule has 2 fully saturated rings. The topological polar surface area (TPSA) is 228 Å². The molecule has 14 heteroatoms. The summed E-state index contributed by atoms with van der Waals surface area (Å²) in [6.07, 6.45) is 23.9. The Morgan fingerprint density at radius 1 is 0.538 bits per heavy atom. The average Bonchev–Trinajstić information content (AvgIpc) is 3.30. The highest BCUT2D eigenvalue weighted by Crippen LogP contribution is 2.30. The van der Waals surface area contributed by atoms with Crippen LogP contribution in [0.25, 0.3) is 0 Å². The van der Waals surface area contributed by atoms with Crippen molar-refractivity contribution in [2.24, 2.45) is 0 Å². The van der Waals surface area contributed by atoms with Crippen molar-refractivity contribution in [2.75, 3.05) is 19.8 Å². The van der Waals surface area contributed by atoms with E-state index < -0.39 is 86.8 Å². The lowest BCUT2D eigenvalue weighted by atomic mass is 9.97. The van der Waals surface area contributed by atoms with Crippen molar-refractivity contribution in [2.45, 2.75) is 286 Å². The van der Waals surface area contributed by atoms with Gasteiger partial charge in [0.05, 0.1) is 32.0 Å². The maximum Gasteiger partial charge on any atom is 0.220 e. The number of aliphatic hydroxyl groups excluding tert-OH is 8. The van der Waals surface area contributed by atoms with Gasteiger partial charge in [-0.1, -0.05) is 199 Å². The van der Waals surface area contributed by atoms with Crippen molar-refractivity contribution in [3.8, 4) is 0 Å². The molecular formula is C51H97NO13. The van der Waals surface area contributed by atoms with E-state index in [-0.39, 0.29) is 18.9 Å². The van der Waals surface area contributed by atoms with Gasteiger partial charge < -0.3 is 65.1 Å². The predicted molar refractivity (Wildman–Crippen MR) is 254 cm³/mol. The SMILES string of the molecule is CCCCCCCCCCCCCCCCCC/C=C/C(O)C(COC1OC(CO)C(OC2OC(CO)C(O)C(O)C2O)C(O)C1O)NC(=O)CCCCCCCCCCCCCCC. The van der Waals surface area contributed by atoms with E-state index in [4.69, 9.17) is 18.9 Å². The van der Waals surface area contributed by atoms with Crippen LogP contribution in [0.4, 0.5) is 0 Å². The maximum absolute atomic E-state index is 13.2. The molecule has 0 radical (unpaired) electrons. The molecule has 2 rings (SSSR count). The van der Waals surface area contributed by atoms with E-state index in [1.54, 1.807) is 6.08 Å². The van der Waals surface area contributed by atoms with Gasteiger partial charge >= 0.3 is 0 Å². The highest BCUT2D eigenvalue weighted by molar-refractivity contribution is 5.76. The maximum atomic E-state index is 13.2. The fourth-order valence-electron chi connectivity index (χ4n) is 8.88. The molecule has 65 heavy (non-hydrogen) atoms. The Morgan fingerprint density at radius 2 is 0.954 bits per heavy atom. The molecule has 2 aliphatic rings. The lowest BCUT2D eigenvalue weighted by molar-refractivity contribution is -0.359. The molecule has 0 aromatic heterocycles. The van der Waals surface area contributed by atoms with Gasteiger partial charge in [0.15, 0.2) is 12.6 Å². The highest BCUT2D eigenvalue weighted by atomic mass is 16.7. The molecule has 0 aromatic carbocycles. The van der Waals surface area contributed by atoms with Crippen LogP contribution in [0.15, 0.2) is 12.2 Å². The Labute approximate surface area is 393 Å². The molecule has 12 atom stereocenters. The number of hydrogen-bond donors (Lipinski definition) is 9. The number of hydrogen-bond acceptors (Lipinski definition) is 13. The van der Waals surface area contributed by atoms with E-state index in [2.05, 4.69) is 19.2 Å². The van der Waals surface area contributed by atoms with Crippen LogP contribution >= 0.6 is 0 Å². The smallest absolute Gasteiger partial charge is 0.220 e. The summed E-state index contributed by atoms with van der Waals surface area (Å²) in [7, 11) is 0. The summed E-state index contributed by atoms with van der Waals surface area (Å²) in [5.41, 5.74) is 0. The molecule has 14 nitrogen and oxygen atoms in total. The molecule has 0 aliphatic carbocycles. The third kappa shape index (κ3) is 25.8. The van der Waals surface area contributed by atoms with E-state index in [9.17, 15) is 45.6 Å². The number of rotatable bonds is 41. The predicted octanol–water partition coefficient (Wildman–Crippen LogP) is 7.16. The lowest BCUT2D eigenvalue weighted by Gasteiger charge is -2.46. The molecule has 0 spiro atoms. The minimum absolute atomic E-state index is 0.238. The summed E-state index contributed by atoms with van der Waals surface area (Å²) in [6.45, 7) is 2.80. The second-order valence-electron chi connectivity index (χ2n) is 19.0. The number of unbranched alkanes of at least 4 members (excludes halogenated alkanes) is 28. The third-order valence-electron chi connectivity index (χ3n) is 13.2. The Hall–Kier alpha value is -1.27. The molecule has 1 amide bonds. The van der Waals surface area contributed by atoms with E-state index in [1.807, 2.05) is 6.08 Å². The zero-order valence-electron chi connectivity index (χ0n) is 40.7. The molecule has 2 saturated heterocycles. The van der Waals surface area contributed by atoms with Gasteiger partial charge in [0, 0.05) is 6.42 Å². The lowest BCUT2D eigenvalue weighted by Crippen LogP contribution is -2.65. The first-order chi connectivity index (χ1) is 31.6. The zero-order chi connectivity index (χ0) is 47.5. The number of carbonyl (C=O) groups is 1. The molecular weight excluding hydrogens is 835 g/mol. The zero-order valence-corrected chi connectivity index (χ0v) is 40.7. The molecule has 384 valence electrons. The Kier molecular flexibility index (Phi) is 35.5. The Bertz CT molecular complexity index is 1150. The van der Waals surface area contributed by atoms with Gasteiger partial charge in [-0.25, -0.2) is 0 Å². The highest BCUT2D eigenvalue weighted by Gasteiger charge is 2.51. The van der Waals surface area contributed by atoms with Crippen molar-refractivity contribution in [3.63, 3.8) is 0 Å². The van der Waals surface area contributed by atoms with Crippen molar-refractivity contribution < 1.29 is 64.6 Å². The number of carbonyl (C=O) groups excluding carboxylic acids is 1. The van der Waals surface area contributed by atoms with Crippen LogP contribution in [-0.2, 0) is 23.7 Å². The van der Waals surface area contributed by atoms with E-state index in [0.29, 0.717) is 6.42 Å². The van der Waals surface area contributed by atoms with Crippen LogP contribution in [0.1, 0.15) is 213 Å². The summed E-state index contributed by atoms with van der Waals surface area (Å²) >= 11 is 0. The third-order valence-corrected chi connectivity index (χ3v) is 13.2. The van der Waals surface area contributed by atoms with Crippen molar-refractivity contribution in [1.82, 2.24) is 5.32 Å². The first-order valence-electron chi connectivity index (χ1n) is 26.4. The summed E-state index contributed by atoms with van der Waals surface area (Å²) < 4.78 is 22.7. The average molecular weight is 932 g/mol. The minimum atomic E-state index is -1.78. The second kappa shape index (κ2) is 38.6. The van der Waals surface area contributed by atoms with Crippen LogP contribution in [0.2, 0.25) is 0 Å². The summed E-state index contributed by atoms with van der Waals surface area (Å²) in [5, 5.41) is 86.8. The van der Waals surface area contributed by atoms with Crippen molar-refractivity contribution in [1.29, 1.82) is 0 Å². The number of ether oxygens (including phenoxy) is 4. The number of amides is 1. The van der Waals surface area contributed by atoms with Gasteiger partial charge in [-0.3, -0.25) is 4.79 Å². The molecule has 12 unspecified atom stereocenters. The standard InChI is InChI=1S/C51H97NO13/c1-3-5-7-9-11-13-15-17-18-19-20-21-23-24-26-28-30-32-34-40(55)39(52-43(56)35-33-31-29-27-25-22-16-14-12-10-8-6-4-2)38-62-50-48(61)46(59)49(42(37-54)64-50)65-51-47(60)45(58)44(57)41(36-53)63-51/h32,34,39-42,44-51,53-55,57-61H,3-31,33,35-38H2,1-2H3,(H,52,56)/b34-32+. The molecule has 2 heterocycles. The number of allylic oxidation sites excluding steroid dienone is 1. The van der Waals surface area contributed by atoms with Crippen molar-refractivity contribution >= 4 is 5.91 Å². The van der Waals surface area contributed by atoms with Gasteiger partial charge in [-0.15, -0.1) is 0 Å². The summed E-state index contributed by atoms with van der Waals surface area (Å²) in [4.78, 5) is 13.2. The number of nitrogens with one attached hydrogen (secondary N) is 1. The Morgan fingerprint density at radius 3 is 1.42 bits per heavy atom. The normalized spacial score (nSPS) is 27.0. The van der Waals surface area contributed by atoms with Crippen LogP contribution in [0.5, 0.6) is 0 Å². The van der Waals surface area contributed by atoms with Crippen LogP contribution in [0, 0.1) is 0 Å². The number of aliphatic hydroxyl groups is 8. The first kappa shape index (κ1) is 59.9. The second-order valence-corrected chi connectivity index (χ2v) is 19.0. The van der Waals surface area contributed by atoms with Gasteiger partial charge in [0.2, 0.25) is 5.91 Å². The van der Waals surface area contributed by atoms with Crippen LogP contribution in [0.3, 0.4) is 0 Å². The largest absolute Gasteiger partial charge is 0.394 e. The van der Waals surface area contributed by atoms with E-state index >= 15 is 0 Å². The van der Waals surface area contributed by atoms with Crippen LogP contribution in [-0.4, -0.2) is 140 Å². The molecule has 0 bridgehead atoms. The molecule has 0 saturated carbocycles. The fraction of sp³-hybridized carbons (Fsp3) is 0.941. The molecule has 9 N–H and O–H groups in total. The van der Waals surface area contributed by atoms with E-state index in [0.717, 1.165) is 38.5 Å². The fourth-order valence-corrected chi connectivity index (χ4v) is 8.88. The van der Waals surface area contributed by atoms with Gasteiger partial charge in [-0.05, 0) is 19.3 Å². The molecule has 2 aliphatic heterocycles. The minimum Gasteiger partial charge on any atom is -0.394 e. The van der Waals surface area contributed by atoms with Crippen LogP contribution < -0.4 is 5.32 Å². The molecule has 0 aromatic rings. The summed E-state index contributed by atoms with van der Waals surface area (Å²) in [6, 6.07) is -0.907. The quantitative estimate of drug-likeness (QED) is 0.0219.